The number of benzene rings is 2. The minimum absolute atomic E-state index is 0.207. The molecule has 4 rings (SSSR count). The monoisotopic (exact) mass is 476 g/mol. The summed E-state index contributed by atoms with van der Waals surface area (Å²) < 4.78 is 6.56. The molecule has 3 atom stereocenters. The molecule has 5 nitrogen and oxygen atoms in total. The molecule has 2 aromatic rings. The fourth-order valence-corrected chi connectivity index (χ4v) is 5.56. The lowest BCUT2D eigenvalue weighted by Gasteiger charge is -2.39. The number of allylic oxidation sites excluding steroid dienone is 2. The number of nitrogens with zero attached hydrogens (tertiary/aromatic N) is 2. The highest BCUT2D eigenvalue weighted by Crippen LogP contribution is 2.37. The van der Waals surface area contributed by atoms with Crippen LogP contribution in [0.3, 0.4) is 0 Å². The Morgan fingerprint density at radius 3 is 2.34 bits per heavy atom. The molecule has 0 bridgehead atoms. The molecule has 2 fully saturated rings. The lowest BCUT2D eigenvalue weighted by atomic mass is 9.93. The molecule has 0 amide bonds. The van der Waals surface area contributed by atoms with E-state index in [0.29, 0.717) is 25.0 Å². The van der Waals surface area contributed by atoms with E-state index >= 15 is 0 Å². The highest BCUT2D eigenvalue weighted by atomic mass is 16.5. The average molecular weight is 477 g/mol. The van der Waals surface area contributed by atoms with Gasteiger partial charge in [-0.15, -0.1) is 0 Å². The first kappa shape index (κ1) is 25.6. The molecule has 35 heavy (non-hydrogen) atoms. The quantitative estimate of drug-likeness (QED) is 0.436. The Hall–Kier alpha value is -2.47. The number of likely N-dealkylation sites (N-methyl/N-ethyl adjacent to an activating group) is 1. The van der Waals surface area contributed by atoms with E-state index in [2.05, 4.69) is 71.5 Å². The number of hydrogen-bond donors (Lipinski definition) is 1. The lowest BCUT2D eigenvalue weighted by Crippen LogP contribution is -2.50. The van der Waals surface area contributed by atoms with Gasteiger partial charge < -0.3 is 14.7 Å². The van der Waals surface area contributed by atoms with Gasteiger partial charge in [-0.2, -0.15) is 0 Å². The summed E-state index contributed by atoms with van der Waals surface area (Å²) in [6.07, 6.45) is 9.69. The molecule has 188 valence electrons. The van der Waals surface area contributed by atoms with E-state index in [9.17, 15) is 4.79 Å². The molecule has 2 aromatic carbocycles. The van der Waals surface area contributed by atoms with Crippen molar-refractivity contribution in [2.75, 3.05) is 33.2 Å². The largest absolute Gasteiger partial charge is 0.481 e. The first-order valence-electron chi connectivity index (χ1n) is 13.2. The summed E-state index contributed by atoms with van der Waals surface area (Å²) in [6, 6.07) is 19.8. The third kappa shape index (κ3) is 7.50. The maximum atomic E-state index is 10.7. The highest BCUT2D eigenvalue weighted by molar-refractivity contribution is 5.66. The van der Waals surface area contributed by atoms with Crippen LogP contribution in [0.1, 0.15) is 44.1 Å². The van der Waals surface area contributed by atoms with E-state index in [4.69, 9.17) is 9.84 Å². The van der Waals surface area contributed by atoms with Crippen molar-refractivity contribution in [2.24, 2.45) is 5.92 Å². The van der Waals surface area contributed by atoms with Gasteiger partial charge in [-0.3, -0.25) is 9.69 Å². The molecule has 0 radical (unpaired) electrons. The summed E-state index contributed by atoms with van der Waals surface area (Å²) in [6.45, 7) is 5.20. The molecule has 0 unspecified atom stereocenters. The van der Waals surface area contributed by atoms with Gasteiger partial charge in [0.2, 0.25) is 0 Å². The SMILES string of the molecule is CN1CCN([C@H]2CC[C@H](OCc3ccc(-c4ccccc4)cc3)[C@@H]2CC/C=C\CCC(=O)O)CC1. The third-order valence-corrected chi connectivity index (χ3v) is 7.61. The Morgan fingerprint density at radius 1 is 0.943 bits per heavy atom. The Kier molecular flexibility index (Phi) is 9.52. The fraction of sp³-hybridized carbons (Fsp3) is 0.500. The zero-order valence-corrected chi connectivity index (χ0v) is 21.0. The first-order valence-corrected chi connectivity index (χ1v) is 13.2. The van der Waals surface area contributed by atoms with Gasteiger partial charge >= 0.3 is 5.97 Å². The summed E-state index contributed by atoms with van der Waals surface area (Å²) in [5.41, 5.74) is 3.69. The predicted octanol–water partition coefficient (Wildman–Crippen LogP) is 5.47. The van der Waals surface area contributed by atoms with Gasteiger partial charge in [0, 0.05) is 44.6 Å². The van der Waals surface area contributed by atoms with Crippen molar-refractivity contribution < 1.29 is 14.6 Å². The summed E-state index contributed by atoms with van der Waals surface area (Å²) in [7, 11) is 2.21. The number of aliphatic carboxylic acids is 1. The van der Waals surface area contributed by atoms with Gasteiger partial charge in [0.1, 0.15) is 0 Å². The molecule has 1 N–H and O–H groups in total. The molecule has 1 heterocycles. The Labute approximate surface area is 210 Å². The van der Waals surface area contributed by atoms with Crippen LogP contribution >= 0.6 is 0 Å². The van der Waals surface area contributed by atoms with Crippen LogP contribution in [0, 0.1) is 5.92 Å². The maximum absolute atomic E-state index is 10.7. The van der Waals surface area contributed by atoms with Crippen LogP contribution in [0.15, 0.2) is 66.7 Å². The van der Waals surface area contributed by atoms with Crippen molar-refractivity contribution in [2.45, 2.75) is 57.3 Å². The molecular formula is C30H40N2O3. The van der Waals surface area contributed by atoms with E-state index in [-0.39, 0.29) is 12.5 Å². The molecule has 0 spiro atoms. The van der Waals surface area contributed by atoms with E-state index in [1.807, 2.05) is 12.1 Å². The molecule has 2 aliphatic rings. The first-order chi connectivity index (χ1) is 17.1. The van der Waals surface area contributed by atoms with Gasteiger partial charge in [0.25, 0.3) is 0 Å². The molecule has 1 saturated carbocycles. The molecule has 0 aromatic heterocycles. The van der Waals surface area contributed by atoms with E-state index in [1.54, 1.807) is 0 Å². The third-order valence-electron chi connectivity index (χ3n) is 7.61. The van der Waals surface area contributed by atoms with E-state index in [1.165, 1.54) is 23.1 Å². The molecule has 1 aliphatic carbocycles. The van der Waals surface area contributed by atoms with Crippen LogP contribution < -0.4 is 0 Å². The Morgan fingerprint density at radius 2 is 1.63 bits per heavy atom. The summed E-state index contributed by atoms with van der Waals surface area (Å²) in [4.78, 5) is 15.9. The van der Waals surface area contributed by atoms with E-state index in [0.717, 1.165) is 45.4 Å². The smallest absolute Gasteiger partial charge is 0.303 e. The van der Waals surface area contributed by atoms with Crippen LogP contribution in [-0.2, 0) is 16.1 Å². The van der Waals surface area contributed by atoms with Crippen LogP contribution in [0.4, 0.5) is 0 Å². The molecular weight excluding hydrogens is 436 g/mol. The number of carboxylic acids is 1. The highest BCUT2D eigenvalue weighted by Gasteiger charge is 2.40. The normalized spacial score (nSPS) is 23.7. The maximum Gasteiger partial charge on any atom is 0.303 e. The number of hydrogen-bond acceptors (Lipinski definition) is 4. The second kappa shape index (κ2) is 13.0. The van der Waals surface area contributed by atoms with Crippen molar-refractivity contribution in [1.82, 2.24) is 9.80 Å². The number of piperazine rings is 1. The minimum atomic E-state index is -0.731. The Bertz CT molecular complexity index is 936. The van der Waals surface area contributed by atoms with Gasteiger partial charge in [0.05, 0.1) is 12.7 Å². The molecule has 1 saturated heterocycles. The van der Waals surface area contributed by atoms with Gasteiger partial charge in [-0.1, -0.05) is 66.7 Å². The number of carboxylic acid groups (broad SMARTS) is 1. The summed E-state index contributed by atoms with van der Waals surface area (Å²) >= 11 is 0. The second-order valence-electron chi connectivity index (χ2n) is 10.0. The van der Waals surface area contributed by atoms with E-state index < -0.39 is 5.97 Å². The minimum Gasteiger partial charge on any atom is -0.481 e. The molecule has 5 heteroatoms. The zero-order chi connectivity index (χ0) is 24.5. The van der Waals surface area contributed by atoms with Crippen LogP contribution in [-0.4, -0.2) is 66.2 Å². The van der Waals surface area contributed by atoms with Gasteiger partial charge in [-0.25, -0.2) is 0 Å². The van der Waals surface area contributed by atoms with Gasteiger partial charge in [-0.05, 0) is 55.8 Å². The fourth-order valence-electron chi connectivity index (χ4n) is 5.56. The number of carbonyl (C=O) groups is 1. The zero-order valence-electron chi connectivity index (χ0n) is 21.0. The van der Waals surface area contributed by atoms with Crippen molar-refractivity contribution in [1.29, 1.82) is 0 Å². The topological polar surface area (TPSA) is 53.0 Å². The van der Waals surface area contributed by atoms with Crippen molar-refractivity contribution in [3.63, 3.8) is 0 Å². The predicted molar refractivity (Wildman–Crippen MR) is 141 cm³/mol. The molecule has 1 aliphatic heterocycles. The van der Waals surface area contributed by atoms with Crippen LogP contribution in [0.2, 0.25) is 0 Å². The number of ether oxygens (including phenoxy) is 1. The van der Waals surface area contributed by atoms with Crippen molar-refractivity contribution >= 4 is 5.97 Å². The lowest BCUT2D eigenvalue weighted by molar-refractivity contribution is -0.136. The average Bonchev–Trinajstić information content (AvgIpc) is 3.28. The summed E-state index contributed by atoms with van der Waals surface area (Å²) in [5.74, 6) is -0.211. The Balaban J connectivity index is 1.34. The summed E-state index contributed by atoms with van der Waals surface area (Å²) in [5, 5.41) is 8.84. The number of rotatable bonds is 11. The van der Waals surface area contributed by atoms with Crippen LogP contribution in [0.25, 0.3) is 11.1 Å². The van der Waals surface area contributed by atoms with Crippen LogP contribution in [0.5, 0.6) is 0 Å². The van der Waals surface area contributed by atoms with Crippen molar-refractivity contribution in [3.8, 4) is 11.1 Å². The van der Waals surface area contributed by atoms with Gasteiger partial charge in [0.15, 0.2) is 0 Å². The second-order valence-corrected chi connectivity index (χ2v) is 10.0. The van der Waals surface area contributed by atoms with Crippen molar-refractivity contribution in [3.05, 3.63) is 72.3 Å². The standard InChI is InChI=1S/C30H40N2O3/c1-31-19-21-32(22-20-31)28-17-18-29(27(28)11-7-2-3-8-12-30(33)34)35-23-24-13-15-26(16-14-24)25-9-5-4-6-10-25/h2-6,9-10,13-16,27-29H,7-8,11-12,17-23H2,1H3,(H,33,34)/b3-2-/t27-,28+,29+/m1/s1.